The maximum Gasteiger partial charge on any atom is 0.416 e. The Morgan fingerprint density at radius 2 is 2.14 bits per heavy atom. The molecule has 1 aromatic rings. The van der Waals surface area contributed by atoms with Gasteiger partial charge >= 0.3 is 12.1 Å². The number of nitrogens with one attached hydrogen (secondary N) is 1. The van der Waals surface area contributed by atoms with Crippen molar-refractivity contribution < 1.29 is 27.9 Å². The van der Waals surface area contributed by atoms with E-state index in [1.54, 1.807) is 0 Å². The van der Waals surface area contributed by atoms with Gasteiger partial charge in [0.05, 0.1) is 10.8 Å². The number of benzene rings is 1. The highest BCUT2D eigenvalue weighted by Gasteiger charge is 2.33. The van der Waals surface area contributed by atoms with Crippen LogP contribution in [0.3, 0.4) is 0 Å². The average molecular weight is 319 g/mol. The van der Waals surface area contributed by atoms with E-state index in [-0.39, 0.29) is 12.2 Å². The van der Waals surface area contributed by atoms with Gasteiger partial charge in [0.15, 0.2) is 0 Å². The molecule has 0 saturated carbocycles. The minimum absolute atomic E-state index is 0.132. The lowest BCUT2D eigenvalue weighted by Gasteiger charge is -2.26. The first-order valence-electron chi connectivity index (χ1n) is 6.08. The topological polar surface area (TPSA) is 66.4 Å². The van der Waals surface area contributed by atoms with Gasteiger partial charge in [0, 0.05) is 5.75 Å². The van der Waals surface area contributed by atoms with Crippen LogP contribution in [0.1, 0.15) is 11.1 Å². The molecule has 1 fully saturated rings. The van der Waals surface area contributed by atoms with E-state index in [4.69, 9.17) is 5.11 Å². The molecule has 0 spiro atoms. The largest absolute Gasteiger partial charge is 0.480 e. The normalized spacial score (nSPS) is 22.7. The van der Waals surface area contributed by atoms with E-state index >= 15 is 0 Å². The van der Waals surface area contributed by atoms with Crippen LogP contribution in [0.2, 0.25) is 0 Å². The maximum absolute atomic E-state index is 12.6. The maximum atomic E-state index is 12.6. The number of hydrogen-bond acceptors (Lipinski definition) is 3. The number of thioether (sulfide) groups is 1. The van der Waals surface area contributed by atoms with Gasteiger partial charge in [-0.25, -0.2) is 4.79 Å². The minimum Gasteiger partial charge on any atom is -0.480 e. The predicted molar refractivity (Wildman–Crippen MR) is 71.0 cm³/mol. The van der Waals surface area contributed by atoms with Crippen LogP contribution in [0.5, 0.6) is 0 Å². The van der Waals surface area contributed by atoms with Crippen molar-refractivity contribution in [2.75, 3.05) is 5.75 Å². The van der Waals surface area contributed by atoms with Gasteiger partial charge in [-0.2, -0.15) is 13.2 Å². The Kier molecular flexibility index (Phi) is 4.46. The van der Waals surface area contributed by atoms with Gasteiger partial charge in [-0.3, -0.25) is 4.79 Å². The molecule has 1 amide bonds. The Balaban J connectivity index is 2.06. The first kappa shape index (κ1) is 15.7. The van der Waals surface area contributed by atoms with E-state index in [9.17, 15) is 22.8 Å². The van der Waals surface area contributed by atoms with Crippen LogP contribution in [-0.2, 0) is 22.2 Å². The molecular formula is C13H12F3NO3S. The zero-order valence-corrected chi connectivity index (χ0v) is 11.5. The second-order valence-electron chi connectivity index (χ2n) is 4.62. The van der Waals surface area contributed by atoms with Crippen molar-refractivity contribution in [1.29, 1.82) is 0 Å². The quantitative estimate of drug-likeness (QED) is 0.893. The van der Waals surface area contributed by atoms with Gasteiger partial charge in [-0.15, -0.1) is 11.8 Å². The summed E-state index contributed by atoms with van der Waals surface area (Å²) in [5.74, 6) is -1.38. The summed E-state index contributed by atoms with van der Waals surface area (Å²) in [5.41, 5.74) is -0.365. The molecule has 2 atom stereocenters. The average Bonchev–Trinajstić information content (AvgIpc) is 2.40. The van der Waals surface area contributed by atoms with E-state index in [2.05, 4.69) is 5.32 Å². The number of halogens is 3. The Labute approximate surface area is 122 Å². The van der Waals surface area contributed by atoms with Crippen molar-refractivity contribution in [2.45, 2.75) is 23.9 Å². The summed E-state index contributed by atoms with van der Waals surface area (Å²) >= 11 is 1.14. The summed E-state index contributed by atoms with van der Waals surface area (Å²) in [4.78, 5) is 22.5. The summed E-state index contributed by atoms with van der Waals surface area (Å²) in [7, 11) is 0. The van der Waals surface area contributed by atoms with Crippen LogP contribution in [-0.4, -0.2) is 34.0 Å². The second kappa shape index (κ2) is 5.97. The summed E-state index contributed by atoms with van der Waals surface area (Å²) in [6, 6.07) is 3.85. The second-order valence-corrected chi connectivity index (χ2v) is 5.86. The molecule has 4 nitrogen and oxygen atoms in total. The third-order valence-electron chi connectivity index (χ3n) is 3.05. The fourth-order valence-corrected chi connectivity index (χ4v) is 3.15. The highest BCUT2D eigenvalue weighted by molar-refractivity contribution is 8.00. The van der Waals surface area contributed by atoms with Gasteiger partial charge in [0.1, 0.15) is 6.04 Å². The molecule has 21 heavy (non-hydrogen) atoms. The lowest BCUT2D eigenvalue weighted by molar-refractivity contribution is -0.141. The standard InChI is InChI=1S/C13H12F3NO3S/c14-13(15,16)8-3-1-2-7(4-8)5-10-11(18)17-9(6-21-10)12(19)20/h1-4,9-10H,5-6H2,(H,17,18)(H,19,20)/t9-,10-/m0/s1. The van der Waals surface area contributed by atoms with E-state index in [0.717, 1.165) is 23.9 Å². The van der Waals surface area contributed by atoms with Gasteiger partial charge in [0.2, 0.25) is 5.91 Å². The Morgan fingerprint density at radius 3 is 2.71 bits per heavy atom. The first-order valence-corrected chi connectivity index (χ1v) is 7.13. The van der Waals surface area contributed by atoms with Gasteiger partial charge in [-0.05, 0) is 18.1 Å². The summed E-state index contributed by atoms with van der Waals surface area (Å²) < 4.78 is 37.8. The van der Waals surface area contributed by atoms with Crippen LogP contribution in [0.25, 0.3) is 0 Å². The minimum atomic E-state index is -4.42. The van der Waals surface area contributed by atoms with Crippen LogP contribution in [0.4, 0.5) is 13.2 Å². The van der Waals surface area contributed by atoms with Crippen molar-refractivity contribution in [2.24, 2.45) is 0 Å². The third-order valence-corrected chi connectivity index (χ3v) is 4.36. The fraction of sp³-hybridized carbons (Fsp3) is 0.385. The molecular weight excluding hydrogens is 307 g/mol. The molecule has 2 N–H and O–H groups in total. The number of aliphatic carboxylic acids is 1. The van der Waals surface area contributed by atoms with Crippen molar-refractivity contribution >= 4 is 23.6 Å². The lowest BCUT2D eigenvalue weighted by Crippen LogP contribution is -2.51. The number of carbonyl (C=O) groups excluding carboxylic acids is 1. The molecule has 0 bridgehead atoms. The van der Waals surface area contributed by atoms with Gasteiger partial charge in [-0.1, -0.05) is 18.2 Å². The van der Waals surface area contributed by atoms with Crippen molar-refractivity contribution in [3.63, 3.8) is 0 Å². The van der Waals surface area contributed by atoms with Crippen LogP contribution in [0.15, 0.2) is 24.3 Å². The molecule has 0 aromatic heterocycles. The zero-order chi connectivity index (χ0) is 15.6. The molecule has 1 saturated heterocycles. The summed E-state index contributed by atoms with van der Waals surface area (Å²) in [5, 5.41) is 10.6. The molecule has 1 aromatic carbocycles. The molecule has 0 radical (unpaired) electrons. The van der Waals surface area contributed by atoms with Crippen LogP contribution >= 0.6 is 11.8 Å². The number of carboxylic acids is 1. The number of hydrogen-bond donors (Lipinski definition) is 2. The monoisotopic (exact) mass is 319 g/mol. The Morgan fingerprint density at radius 1 is 1.43 bits per heavy atom. The zero-order valence-electron chi connectivity index (χ0n) is 10.7. The van der Waals surface area contributed by atoms with Crippen LogP contribution in [0, 0.1) is 0 Å². The molecule has 1 aliphatic rings. The smallest absolute Gasteiger partial charge is 0.416 e. The van der Waals surface area contributed by atoms with Crippen LogP contribution < -0.4 is 5.32 Å². The van der Waals surface area contributed by atoms with E-state index < -0.39 is 34.9 Å². The predicted octanol–water partition coefficient (Wildman–Crippen LogP) is 1.93. The van der Waals surface area contributed by atoms with E-state index in [1.807, 2.05) is 0 Å². The molecule has 8 heteroatoms. The molecule has 1 aliphatic heterocycles. The van der Waals surface area contributed by atoms with Gasteiger partial charge in [0.25, 0.3) is 0 Å². The lowest BCUT2D eigenvalue weighted by atomic mass is 10.1. The molecule has 0 aliphatic carbocycles. The molecule has 0 unspecified atom stereocenters. The fourth-order valence-electron chi connectivity index (χ4n) is 1.97. The highest BCUT2D eigenvalue weighted by atomic mass is 32.2. The number of alkyl halides is 3. The highest BCUT2D eigenvalue weighted by Crippen LogP contribution is 2.30. The molecule has 114 valence electrons. The SMILES string of the molecule is O=C(O)[C@@H]1CS[C@@H](Cc2cccc(C(F)(F)F)c2)C(=O)N1. The van der Waals surface area contributed by atoms with Crippen molar-refractivity contribution in [3.8, 4) is 0 Å². The Hall–Kier alpha value is -1.70. The first-order chi connectivity index (χ1) is 9.77. The molecule has 1 heterocycles. The molecule has 2 rings (SSSR count). The Bertz CT molecular complexity index is 562. The number of carbonyl (C=O) groups is 2. The summed E-state index contributed by atoms with van der Waals surface area (Å²) in [6.07, 6.45) is -4.29. The number of rotatable bonds is 3. The van der Waals surface area contributed by atoms with Crippen molar-refractivity contribution in [3.05, 3.63) is 35.4 Å². The van der Waals surface area contributed by atoms with Crippen molar-refractivity contribution in [1.82, 2.24) is 5.32 Å². The number of amides is 1. The summed E-state index contributed by atoms with van der Waals surface area (Å²) in [6.45, 7) is 0. The van der Waals surface area contributed by atoms with E-state index in [0.29, 0.717) is 5.56 Å². The van der Waals surface area contributed by atoms with Gasteiger partial charge < -0.3 is 10.4 Å². The third kappa shape index (κ3) is 3.90. The van der Waals surface area contributed by atoms with E-state index in [1.165, 1.54) is 12.1 Å². The number of carboxylic acid groups (broad SMARTS) is 1.